The van der Waals surface area contributed by atoms with E-state index in [0.29, 0.717) is 17.9 Å². The monoisotopic (exact) mass is 272 g/mol. The SMILES string of the molecule is N#CCOc1cccc(NC(=O)C2=NNC(=O)CC2)c1. The molecule has 7 heteroatoms. The number of benzene rings is 1. The van der Waals surface area contributed by atoms with E-state index in [0.717, 1.165) is 0 Å². The number of carbonyl (C=O) groups is 2. The molecular formula is C13H12N4O3. The number of ether oxygens (including phenoxy) is 1. The molecule has 0 saturated heterocycles. The maximum Gasteiger partial charge on any atom is 0.271 e. The van der Waals surface area contributed by atoms with Gasteiger partial charge in [0, 0.05) is 24.6 Å². The summed E-state index contributed by atoms with van der Waals surface area (Å²) >= 11 is 0. The molecule has 1 aliphatic heterocycles. The lowest BCUT2D eigenvalue weighted by Gasteiger charge is -2.12. The lowest BCUT2D eigenvalue weighted by atomic mass is 10.1. The zero-order valence-electron chi connectivity index (χ0n) is 10.5. The molecule has 0 fully saturated rings. The summed E-state index contributed by atoms with van der Waals surface area (Å²) in [5, 5.41) is 14.8. The first-order valence-electron chi connectivity index (χ1n) is 5.95. The van der Waals surface area contributed by atoms with Gasteiger partial charge >= 0.3 is 0 Å². The highest BCUT2D eigenvalue weighted by molar-refractivity contribution is 6.43. The Kier molecular flexibility index (Phi) is 4.29. The molecule has 0 saturated carbocycles. The van der Waals surface area contributed by atoms with Crippen LogP contribution >= 0.6 is 0 Å². The third-order valence-electron chi connectivity index (χ3n) is 2.56. The van der Waals surface area contributed by atoms with Crippen LogP contribution in [-0.2, 0) is 9.59 Å². The minimum Gasteiger partial charge on any atom is -0.479 e. The lowest BCUT2D eigenvalue weighted by molar-refractivity contribution is -0.121. The van der Waals surface area contributed by atoms with Crippen molar-refractivity contribution in [1.82, 2.24) is 5.43 Å². The van der Waals surface area contributed by atoms with Gasteiger partial charge in [-0.15, -0.1) is 0 Å². The Hall–Kier alpha value is -2.88. The van der Waals surface area contributed by atoms with Gasteiger partial charge in [0.25, 0.3) is 5.91 Å². The molecule has 0 atom stereocenters. The van der Waals surface area contributed by atoms with Gasteiger partial charge < -0.3 is 10.1 Å². The maximum atomic E-state index is 11.9. The molecule has 0 radical (unpaired) electrons. The average Bonchev–Trinajstić information content (AvgIpc) is 2.46. The number of hydrogen-bond acceptors (Lipinski definition) is 5. The van der Waals surface area contributed by atoms with Gasteiger partial charge in [-0.1, -0.05) is 6.07 Å². The van der Waals surface area contributed by atoms with Crippen molar-refractivity contribution in [3.05, 3.63) is 24.3 Å². The lowest BCUT2D eigenvalue weighted by Crippen LogP contribution is -2.32. The first-order chi connectivity index (χ1) is 9.69. The number of rotatable bonds is 4. The summed E-state index contributed by atoms with van der Waals surface area (Å²) in [7, 11) is 0. The Morgan fingerprint density at radius 2 is 2.35 bits per heavy atom. The van der Waals surface area contributed by atoms with Crippen molar-refractivity contribution >= 4 is 23.2 Å². The quantitative estimate of drug-likeness (QED) is 0.845. The number of nitriles is 1. The summed E-state index contributed by atoms with van der Waals surface area (Å²) in [5.41, 5.74) is 3.07. The van der Waals surface area contributed by atoms with E-state index in [-0.39, 0.29) is 30.6 Å². The van der Waals surface area contributed by atoms with Crippen molar-refractivity contribution in [2.24, 2.45) is 5.10 Å². The first-order valence-corrected chi connectivity index (χ1v) is 5.95. The predicted molar refractivity (Wildman–Crippen MR) is 71.0 cm³/mol. The predicted octanol–water partition coefficient (Wildman–Crippen LogP) is 0.793. The van der Waals surface area contributed by atoms with Gasteiger partial charge in [0.1, 0.15) is 17.5 Å². The normalized spacial score (nSPS) is 13.8. The van der Waals surface area contributed by atoms with Gasteiger partial charge in [0.15, 0.2) is 6.61 Å². The Morgan fingerprint density at radius 3 is 3.05 bits per heavy atom. The molecule has 20 heavy (non-hydrogen) atoms. The second-order valence-corrected chi connectivity index (χ2v) is 4.02. The third kappa shape index (κ3) is 3.55. The number of hydrogen-bond donors (Lipinski definition) is 2. The number of anilines is 1. The van der Waals surface area contributed by atoms with Crippen LogP contribution in [0.4, 0.5) is 5.69 Å². The number of nitrogens with zero attached hydrogens (tertiary/aromatic N) is 2. The number of hydrazone groups is 1. The van der Waals surface area contributed by atoms with Crippen LogP contribution in [-0.4, -0.2) is 24.1 Å². The molecule has 102 valence electrons. The number of nitrogens with one attached hydrogen (secondary N) is 2. The molecule has 1 aliphatic rings. The molecule has 2 amide bonds. The maximum absolute atomic E-state index is 11.9. The molecule has 0 spiro atoms. The zero-order valence-corrected chi connectivity index (χ0v) is 10.5. The largest absolute Gasteiger partial charge is 0.479 e. The molecule has 0 aromatic heterocycles. The van der Waals surface area contributed by atoms with Crippen LogP contribution in [0.5, 0.6) is 5.75 Å². The molecule has 1 aromatic carbocycles. The second kappa shape index (κ2) is 6.33. The fourth-order valence-electron chi connectivity index (χ4n) is 1.62. The van der Waals surface area contributed by atoms with Gasteiger partial charge in [0.05, 0.1) is 0 Å². The van der Waals surface area contributed by atoms with Crippen LogP contribution < -0.4 is 15.5 Å². The number of carbonyl (C=O) groups excluding carboxylic acids is 2. The first kappa shape index (κ1) is 13.5. The fraction of sp³-hybridized carbons (Fsp3) is 0.231. The third-order valence-corrected chi connectivity index (χ3v) is 2.56. The standard InChI is InChI=1S/C13H12N4O3/c14-6-7-20-10-3-1-2-9(8-10)15-13(19)11-4-5-12(18)17-16-11/h1-3,8H,4-5,7H2,(H,15,19)(H,17,18). The summed E-state index contributed by atoms with van der Waals surface area (Å²) in [6.07, 6.45) is 0.555. The van der Waals surface area contributed by atoms with Gasteiger partial charge in [-0.25, -0.2) is 5.43 Å². The van der Waals surface area contributed by atoms with Gasteiger partial charge in [-0.2, -0.15) is 10.4 Å². The highest BCUT2D eigenvalue weighted by Crippen LogP contribution is 2.17. The van der Waals surface area contributed by atoms with Crippen molar-refractivity contribution in [3.8, 4) is 11.8 Å². The van der Waals surface area contributed by atoms with Crippen LogP contribution in [0, 0.1) is 11.3 Å². The van der Waals surface area contributed by atoms with Crippen molar-refractivity contribution in [2.75, 3.05) is 11.9 Å². The summed E-state index contributed by atoms with van der Waals surface area (Å²) in [6.45, 7) is -0.0594. The topological polar surface area (TPSA) is 104 Å². The Balaban J connectivity index is 2.01. The van der Waals surface area contributed by atoms with Crippen molar-refractivity contribution < 1.29 is 14.3 Å². The Morgan fingerprint density at radius 1 is 1.50 bits per heavy atom. The van der Waals surface area contributed by atoms with Crippen molar-refractivity contribution in [2.45, 2.75) is 12.8 Å². The minimum atomic E-state index is -0.373. The number of amides is 2. The molecule has 0 aliphatic carbocycles. The summed E-state index contributed by atoms with van der Waals surface area (Å²) in [4.78, 5) is 22.9. The van der Waals surface area contributed by atoms with Gasteiger partial charge in [0.2, 0.25) is 5.91 Å². The molecule has 0 bridgehead atoms. The molecule has 1 aromatic rings. The van der Waals surface area contributed by atoms with E-state index in [1.54, 1.807) is 24.3 Å². The Bertz CT molecular complexity index is 604. The van der Waals surface area contributed by atoms with Crippen LogP contribution in [0.1, 0.15) is 12.8 Å². The highest BCUT2D eigenvalue weighted by atomic mass is 16.5. The van der Waals surface area contributed by atoms with E-state index >= 15 is 0 Å². The van der Waals surface area contributed by atoms with Crippen LogP contribution in [0.25, 0.3) is 0 Å². The van der Waals surface area contributed by atoms with Gasteiger partial charge in [-0.05, 0) is 12.1 Å². The molecule has 2 rings (SSSR count). The molecule has 2 N–H and O–H groups in total. The van der Waals surface area contributed by atoms with E-state index in [9.17, 15) is 9.59 Å². The van der Waals surface area contributed by atoms with Crippen LogP contribution in [0.3, 0.4) is 0 Å². The van der Waals surface area contributed by atoms with E-state index in [1.807, 2.05) is 6.07 Å². The van der Waals surface area contributed by atoms with Crippen LogP contribution in [0.2, 0.25) is 0 Å². The van der Waals surface area contributed by atoms with E-state index in [1.165, 1.54) is 0 Å². The molecule has 1 heterocycles. The molecule has 0 unspecified atom stereocenters. The fourth-order valence-corrected chi connectivity index (χ4v) is 1.62. The summed E-state index contributed by atoms with van der Waals surface area (Å²) in [5.74, 6) is -0.0841. The van der Waals surface area contributed by atoms with E-state index < -0.39 is 0 Å². The molecular weight excluding hydrogens is 260 g/mol. The van der Waals surface area contributed by atoms with Crippen molar-refractivity contribution in [3.63, 3.8) is 0 Å². The van der Waals surface area contributed by atoms with Crippen LogP contribution in [0.15, 0.2) is 29.4 Å². The minimum absolute atomic E-state index is 0.0594. The summed E-state index contributed by atoms with van der Waals surface area (Å²) < 4.78 is 5.14. The van der Waals surface area contributed by atoms with Gasteiger partial charge in [-0.3, -0.25) is 9.59 Å². The molecule has 7 nitrogen and oxygen atoms in total. The smallest absolute Gasteiger partial charge is 0.271 e. The van der Waals surface area contributed by atoms with E-state index in [4.69, 9.17) is 10.00 Å². The zero-order chi connectivity index (χ0) is 14.4. The second-order valence-electron chi connectivity index (χ2n) is 4.02. The van der Waals surface area contributed by atoms with Crippen molar-refractivity contribution in [1.29, 1.82) is 5.26 Å². The Labute approximate surface area is 115 Å². The highest BCUT2D eigenvalue weighted by Gasteiger charge is 2.18. The van der Waals surface area contributed by atoms with E-state index in [2.05, 4.69) is 15.8 Å². The average molecular weight is 272 g/mol. The summed E-state index contributed by atoms with van der Waals surface area (Å²) in [6, 6.07) is 8.55.